The molecule has 0 unspecified atom stereocenters. The highest BCUT2D eigenvalue weighted by atomic mass is 79.9. The summed E-state index contributed by atoms with van der Waals surface area (Å²) in [6.07, 6.45) is 0. The number of rotatable bonds is 0. The molecular formula is C8H11BrO. The van der Waals surface area contributed by atoms with Gasteiger partial charge in [-0.1, -0.05) is 34.1 Å². The predicted molar refractivity (Wildman–Crippen MR) is 47.1 cm³/mol. The third-order valence-electron chi connectivity index (χ3n) is 0.733. The van der Waals surface area contributed by atoms with Gasteiger partial charge in [0, 0.05) is 18.7 Å². The highest BCUT2D eigenvalue weighted by Crippen LogP contribution is 2.05. The van der Waals surface area contributed by atoms with E-state index in [2.05, 4.69) is 20.7 Å². The number of hydrogen-bond acceptors (Lipinski definition) is 1. The second-order valence-electron chi connectivity index (χ2n) is 1.70. The summed E-state index contributed by atoms with van der Waals surface area (Å²) in [6, 6.07) is 9.97. The van der Waals surface area contributed by atoms with Gasteiger partial charge in [-0.3, -0.25) is 0 Å². The molecule has 2 heteroatoms. The first kappa shape index (κ1) is 9.66. The van der Waals surface area contributed by atoms with E-state index in [0.717, 1.165) is 4.47 Å². The number of hydrogen-bond donors (Lipinski definition) is 0. The van der Waals surface area contributed by atoms with E-state index in [-0.39, 0.29) is 0 Å². The van der Waals surface area contributed by atoms with Crippen LogP contribution in [0.15, 0.2) is 34.8 Å². The van der Waals surface area contributed by atoms with Crippen LogP contribution >= 0.6 is 15.9 Å². The summed E-state index contributed by atoms with van der Waals surface area (Å²) in [6.45, 7) is 0. The van der Waals surface area contributed by atoms with Crippen molar-refractivity contribution in [3.05, 3.63) is 34.8 Å². The van der Waals surface area contributed by atoms with Crippen molar-refractivity contribution in [1.82, 2.24) is 0 Å². The Kier molecular flexibility index (Phi) is 6.55. The van der Waals surface area contributed by atoms with Gasteiger partial charge in [0.25, 0.3) is 0 Å². The van der Waals surface area contributed by atoms with Crippen molar-refractivity contribution in [2.24, 2.45) is 0 Å². The molecule has 0 saturated carbocycles. The Hall–Kier alpha value is -0.340. The van der Waals surface area contributed by atoms with Crippen LogP contribution in [0.25, 0.3) is 0 Å². The molecule has 0 fully saturated rings. The fourth-order valence-electron chi connectivity index (χ4n) is 0.415. The molecule has 0 amide bonds. The molecule has 10 heavy (non-hydrogen) atoms. The SMILES string of the molecule is Brc1ccccc1.COC. The van der Waals surface area contributed by atoms with Crippen LogP contribution in [0.4, 0.5) is 0 Å². The van der Waals surface area contributed by atoms with E-state index in [1.165, 1.54) is 0 Å². The van der Waals surface area contributed by atoms with E-state index in [9.17, 15) is 0 Å². The van der Waals surface area contributed by atoms with Crippen LogP contribution in [0, 0.1) is 0 Å². The zero-order chi connectivity index (χ0) is 7.82. The highest BCUT2D eigenvalue weighted by molar-refractivity contribution is 9.10. The number of benzene rings is 1. The van der Waals surface area contributed by atoms with Gasteiger partial charge in [0.2, 0.25) is 0 Å². The summed E-state index contributed by atoms with van der Waals surface area (Å²) >= 11 is 3.31. The molecule has 0 spiro atoms. The molecule has 0 aromatic heterocycles. The summed E-state index contributed by atoms with van der Waals surface area (Å²) in [4.78, 5) is 0. The van der Waals surface area contributed by atoms with E-state index in [1.54, 1.807) is 14.2 Å². The normalized spacial score (nSPS) is 7.90. The number of halogens is 1. The van der Waals surface area contributed by atoms with Crippen molar-refractivity contribution >= 4 is 15.9 Å². The Morgan fingerprint density at radius 2 is 1.50 bits per heavy atom. The minimum absolute atomic E-state index is 1.13. The minimum Gasteiger partial charge on any atom is -0.388 e. The molecule has 0 aliphatic heterocycles. The molecule has 56 valence electrons. The molecule has 0 N–H and O–H groups in total. The van der Waals surface area contributed by atoms with E-state index in [4.69, 9.17) is 0 Å². The van der Waals surface area contributed by atoms with Crippen LogP contribution in [0.1, 0.15) is 0 Å². The Bertz CT molecular complexity index is 151. The van der Waals surface area contributed by atoms with Gasteiger partial charge < -0.3 is 4.74 Å². The largest absolute Gasteiger partial charge is 0.388 e. The molecule has 0 saturated heterocycles. The lowest BCUT2D eigenvalue weighted by atomic mass is 10.4. The minimum atomic E-state index is 1.13. The van der Waals surface area contributed by atoms with Crippen LogP contribution in [-0.4, -0.2) is 14.2 Å². The topological polar surface area (TPSA) is 9.23 Å². The Morgan fingerprint density at radius 1 is 1.10 bits per heavy atom. The molecule has 0 aliphatic rings. The van der Waals surface area contributed by atoms with E-state index in [1.807, 2.05) is 30.3 Å². The maximum atomic E-state index is 4.25. The maximum Gasteiger partial charge on any atom is 0.0351 e. The summed E-state index contributed by atoms with van der Waals surface area (Å²) in [5.41, 5.74) is 0. The molecule has 1 aromatic rings. The molecule has 1 rings (SSSR count). The monoisotopic (exact) mass is 202 g/mol. The van der Waals surface area contributed by atoms with Crippen molar-refractivity contribution in [3.8, 4) is 0 Å². The first-order valence-electron chi connectivity index (χ1n) is 2.92. The fourth-order valence-corrected chi connectivity index (χ4v) is 0.720. The van der Waals surface area contributed by atoms with Gasteiger partial charge in [-0.25, -0.2) is 0 Å². The second-order valence-corrected chi connectivity index (χ2v) is 2.62. The van der Waals surface area contributed by atoms with Crippen LogP contribution in [-0.2, 0) is 4.74 Å². The number of ether oxygens (including phenoxy) is 1. The van der Waals surface area contributed by atoms with Gasteiger partial charge in [-0.15, -0.1) is 0 Å². The molecule has 0 bridgehead atoms. The lowest BCUT2D eigenvalue weighted by Crippen LogP contribution is -1.55. The van der Waals surface area contributed by atoms with Crippen LogP contribution < -0.4 is 0 Å². The van der Waals surface area contributed by atoms with Gasteiger partial charge in [-0.2, -0.15) is 0 Å². The van der Waals surface area contributed by atoms with Crippen molar-refractivity contribution in [1.29, 1.82) is 0 Å². The van der Waals surface area contributed by atoms with Gasteiger partial charge in [-0.05, 0) is 12.1 Å². The average molecular weight is 203 g/mol. The zero-order valence-electron chi connectivity index (χ0n) is 6.17. The maximum absolute atomic E-state index is 4.25. The second kappa shape index (κ2) is 6.78. The summed E-state index contributed by atoms with van der Waals surface area (Å²) < 4.78 is 5.38. The van der Waals surface area contributed by atoms with Gasteiger partial charge in [0.1, 0.15) is 0 Å². The smallest absolute Gasteiger partial charge is 0.0351 e. The average Bonchev–Trinajstić information content (AvgIpc) is 1.91. The fraction of sp³-hybridized carbons (Fsp3) is 0.250. The molecule has 1 nitrogen and oxygen atoms in total. The van der Waals surface area contributed by atoms with Crippen LogP contribution in [0.2, 0.25) is 0 Å². The predicted octanol–water partition coefficient (Wildman–Crippen LogP) is 2.71. The standard InChI is InChI=1S/C6H5Br.C2H6O/c7-6-4-2-1-3-5-6;1-3-2/h1-5H;1-2H3. The van der Waals surface area contributed by atoms with Crippen LogP contribution in [0.3, 0.4) is 0 Å². The molecule has 1 aromatic carbocycles. The first-order valence-corrected chi connectivity index (χ1v) is 3.71. The summed E-state index contributed by atoms with van der Waals surface area (Å²) in [5, 5.41) is 0. The van der Waals surface area contributed by atoms with Gasteiger partial charge >= 0.3 is 0 Å². The highest BCUT2D eigenvalue weighted by Gasteiger charge is 1.74. The van der Waals surface area contributed by atoms with E-state index >= 15 is 0 Å². The van der Waals surface area contributed by atoms with Crippen molar-refractivity contribution < 1.29 is 4.74 Å². The first-order chi connectivity index (χ1) is 4.81. The van der Waals surface area contributed by atoms with Crippen molar-refractivity contribution in [2.75, 3.05) is 14.2 Å². The van der Waals surface area contributed by atoms with E-state index in [0.29, 0.717) is 0 Å². The van der Waals surface area contributed by atoms with Crippen molar-refractivity contribution in [3.63, 3.8) is 0 Å². The van der Waals surface area contributed by atoms with Crippen molar-refractivity contribution in [2.45, 2.75) is 0 Å². The Balaban J connectivity index is 0.000000236. The lowest BCUT2D eigenvalue weighted by molar-refractivity contribution is 0.277. The van der Waals surface area contributed by atoms with E-state index < -0.39 is 0 Å². The Labute approximate surface area is 70.1 Å². The number of methoxy groups -OCH3 is 1. The summed E-state index contributed by atoms with van der Waals surface area (Å²) in [5.74, 6) is 0. The molecular weight excluding hydrogens is 192 g/mol. The lowest BCUT2D eigenvalue weighted by Gasteiger charge is -1.80. The molecule has 0 heterocycles. The third kappa shape index (κ3) is 5.79. The Morgan fingerprint density at radius 3 is 1.70 bits per heavy atom. The summed E-state index contributed by atoms with van der Waals surface area (Å²) in [7, 11) is 3.25. The quantitative estimate of drug-likeness (QED) is 0.629. The van der Waals surface area contributed by atoms with Crippen LogP contribution in [0.5, 0.6) is 0 Å². The zero-order valence-corrected chi connectivity index (χ0v) is 7.76. The molecule has 0 atom stereocenters. The third-order valence-corrected chi connectivity index (χ3v) is 1.26. The molecule has 0 aliphatic carbocycles. The van der Waals surface area contributed by atoms with Gasteiger partial charge in [0.15, 0.2) is 0 Å². The molecule has 0 radical (unpaired) electrons. The van der Waals surface area contributed by atoms with Gasteiger partial charge in [0.05, 0.1) is 0 Å².